The molecule has 1 aliphatic rings. The van der Waals surface area contributed by atoms with Gasteiger partial charge in [-0.05, 0) is 35.9 Å². The first-order chi connectivity index (χ1) is 13.9. The molecular formula is C21H20BrFN2O4. The average molecular weight is 463 g/mol. The molecule has 1 saturated heterocycles. The Balaban J connectivity index is 1.73. The van der Waals surface area contributed by atoms with Crippen molar-refractivity contribution in [3.05, 3.63) is 64.4 Å². The normalized spacial score (nSPS) is 17.1. The number of hydrogen-bond donors (Lipinski definition) is 1. The van der Waals surface area contributed by atoms with E-state index in [0.29, 0.717) is 11.3 Å². The summed E-state index contributed by atoms with van der Waals surface area (Å²) in [4.78, 5) is 38.6. The monoisotopic (exact) mass is 462 g/mol. The lowest BCUT2D eigenvalue weighted by Crippen LogP contribution is -2.36. The minimum Gasteiger partial charge on any atom is -0.469 e. The van der Waals surface area contributed by atoms with Crippen LogP contribution in [0.4, 0.5) is 10.1 Å². The van der Waals surface area contributed by atoms with Crippen molar-refractivity contribution in [1.82, 2.24) is 5.32 Å². The summed E-state index contributed by atoms with van der Waals surface area (Å²) in [5.41, 5.74) is 1.29. The summed E-state index contributed by atoms with van der Waals surface area (Å²) in [7, 11) is 1.26. The lowest BCUT2D eigenvalue weighted by Gasteiger charge is -2.21. The van der Waals surface area contributed by atoms with Crippen LogP contribution >= 0.6 is 15.9 Å². The number of hydrogen-bond acceptors (Lipinski definition) is 4. The van der Waals surface area contributed by atoms with E-state index in [9.17, 15) is 18.8 Å². The second kappa shape index (κ2) is 9.17. The highest BCUT2D eigenvalue weighted by Gasteiger charge is 2.36. The van der Waals surface area contributed by atoms with Gasteiger partial charge in [-0.1, -0.05) is 34.1 Å². The molecule has 0 saturated carbocycles. The van der Waals surface area contributed by atoms with E-state index in [-0.39, 0.29) is 31.2 Å². The van der Waals surface area contributed by atoms with Crippen LogP contribution in [0.3, 0.4) is 0 Å². The van der Waals surface area contributed by atoms with Crippen LogP contribution in [0.25, 0.3) is 0 Å². The van der Waals surface area contributed by atoms with Gasteiger partial charge in [0.2, 0.25) is 11.8 Å². The summed E-state index contributed by atoms with van der Waals surface area (Å²) >= 11 is 3.38. The summed E-state index contributed by atoms with van der Waals surface area (Å²) < 4.78 is 18.8. The number of nitrogens with one attached hydrogen (secondary N) is 1. The van der Waals surface area contributed by atoms with Gasteiger partial charge in [0, 0.05) is 23.1 Å². The van der Waals surface area contributed by atoms with E-state index >= 15 is 0 Å². The highest BCUT2D eigenvalue weighted by Crippen LogP contribution is 2.28. The zero-order valence-corrected chi connectivity index (χ0v) is 17.3. The van der Waals surface area contributed by atoms with Crippen molar-refractivity contribution in [3.8, 4) is 0 Å². The van der Waals surface area contributed by atoms with Gasteiger partial charge in [-0.3, -0.25) is 14.4 Å². The van der Waals surface area contributed by atoms with Crippen molar-refractivity contribution in [2.24, 2.45) is 5.92 Å². The van der Waals surface area contributed by atoms with Crippen LogP contribution < -0.4 is 10.2 Å². The molecule has 1 N–H and O–H groups in total. The topological polar surface area (TPSA) is 75.7 Å². The smallest absolute Gasteiger partial charge is 0.307 e. The molecule has 1 heterocycles. The van der Waals surface area contributed by atoms with Crippen molar-refractivity contribution in [1.29, 1.82) is 0 Å². The number of rotatable bonds is 6. The van der Waals surface area contributed by atoms with Crippen LogP contribution in [-0.4, -0.2) is 31.4 Å². The van der Waals surface area contributed by atoms with Crippen molar-refractivity contribution < 1.29 is 23.5 Å². The summed E-state index contributed by atoms with van der Waals surface area (Å²) in [6, 6.07) is 12.2. The molecule has 1 fully saturated rings. The molecule has 2 unspecified atom stereocenters. The molecule has 2 atom stereocenters. The number of nitrogens with zero attached hydrogens (tertiary/aromatic N) is 1. The van der Waals surface area contributed by atoms with Crippen LogP contribution in [0, 0.1) is 11.7 Å². The van der Waals surface area contributed by atoms with Gasteiger partial charge in [0.25, 0.3) is 0 Å². The standard InChI is InChI=1S/C21H20BrFN2O4/c1-29-20(27)11-18(13-5-7-16(23)8-6-13)24-21(28)14-9-19(26)25(12-14)17-4-2-3-15(22)10-17/h2-8,10,14,18H,9,11-12H2,1H3,(H,24,28). The summed E-state index contributed by atoms with van der Waals surface area (Å²) in [6.07, 6.45) is -0.0173. The first kappa shape index (κ1) is 21.0. The minimum absolute atomic E-state index is 0.0761. The first-order valence-corrected chi connectivity index (χ1v) is 9.85. The molecule has 29 heavy (non-hydrogen) atoms. The number of methoxy groups -OCH3 is 1. The van der Waals surface area contributed by atoms with Crippen molar-refractivity contribution in [2.45, 2.75) is 18.9 Å². The molecule has 6 nitrogen and oxygen atoms in total. The van der Waals surface area contributed by atoms with E-state index in [1.54, 1.807) is 4.90 Å². The Morgan fingerprint density at radius 3 is 2.66 bits per heavy atom. The predicted molar refractivity (Wildman–Crippen MR) is 109 cm³/mol. The molecule has 0 bridgehead atoms. The van der Waals surface area contributed by atoms with E-state index in [0.717, 1.165) is 4.47 Å². The number of esters is 1. The Morgan fingerprint density at radius 1 is 1.28 bits per heavy atom. The molecule has 2 aromatic carbocycles. The Bertz CT molecular complexity index is 919. The van der Waals surface area contributed by atoms with Crippen LogP contribution in [-0.2, 0) is 19.1 Å². The Kier molecular flexibility index (Phi) is 6.64. The second-order valence-electron chi connectivity index (χ2n) is 6.78. The summed E-state index contributed by atoms with van der Waals surface area (Å²) in [5.74, 6) is -1.95. The van der Waals surface area contributed by atoms with Gasteiger partial charge < -0.3 is 15.0 Å². The van der Waals surface area contributed by atoms with Gasteiger partial charge in [-0.2, -0.15) is 0 Å². The summed E-state index contributed by atoms with van der Waals surface area (Å²) in [5, 5.41) is 2.81. The Hall–Kier alpha value is -2.74. The van der Waals surface area contributed by atoms with E-state index in [1.165, 1.54) is 31.4 Å². The number of benzene rings is 2. The molecule has 0 aliphatic carbocycles. The third kappa shape index (κ3) is 5.20. The van der Waals surface area contributed by atoms with E-state index < -0.39 is 23.7 Å². The van der Waals surface area contributed by atoms with Crippen molar-refractivity contribution >= 4 is 39.4 Å². The fraction of sp³-hybridized carbons (Fsp3) is 0.286. The zero-order valence-electron chi connectivity index (χ0n) is 15.7. The van der Waals surface area contributed by atoms with Crippen molar-refractivity contribution in [3.63, 3.8) is 0 Å². The van der Waals surface area contributed by atoms with Gasteiger partial charge in [0.15, 0.2) is 0 Å². The van der Waals surface area contributed by atoms with Crippen LogP contribution in [0.1, 0.15) is 24.4 Å². The number of anilines is 1. The highest BCUT2D eigenvalue weighted by atomic mass is 79.9. The number of amides is 2. The van der Waals surface area contributed by atoms with Crippen LogP contribution in [0.2, 0.25) is 0 Å². The van der Waals surface area contributed by atoms with E-state index in [2.05, 4.69) is 21.2 Å². The average Bonchev–Trinajstić information content (AvgIpc) is 3.10. The number of carbonyl (C=O) groups excluding carboxylic acids is 3. The molecule has 1 aliphatic heterocycles. The fourth-order valence-corrected chi connectivity index (χ4v) is 3.65. The molecule has 2 amide bonds. The Labute approximate surface area is 176 Å². The largest absolute Gasteiger partial charge is 0.469 e. The van der Waals surface area contributed by atoms with Crippen LogP contribution in [0.15, 0.2) is 53.0 Å². The number of ether oxygens (including phenoxy) is 1. The maximum absolute atomic E-state index is 13.2. The number of carbonyl (C=O) groups is 3. The van der Waals surface area contributed by atoms with Gasteiger partial charge in [0.05, 0.1) is 25.5 Å². The molecule has 3 rings (SSSR count). The van der Waals surface area contributed by atoms with E-state index in [1.807, 2.05) is 24.3 Å². The quantitative estimate of drug-likeness (QED) is 0.667. The molecule has 0 radical (unpaired) electrons. The number of halogens is 2. The minimum atomic E-state index is -0.675. The molecule has 2 aromatic rings. The van der Waals surface area contributed by atoms with Gasteiger partial charge in [-0.15, -0.1) is 0 Å². The maximum Gasteiger partial charge on any atom is 0.307 e. The molecule has 0 aromatic heterocycles. The SMILES string of the molecule is COC(=O)CC(NC(=O)C1CC(=O)N(c2cccc(Br)c2)C1)c1ccc(F)cc1. The lowest BCUT2D eigenvalue weighted by atomic mass is 10.0. The van der Waals surface area contributed by atoms with Gasteiger partial charge >= 0.3 is 5.97 Å². The molecule has 0 spiro atoms. The first-order valence-electron chi connectivity index (χ1n) is 9.06. The maximum atomic E-state index is 13.2. The second-order valence-corrected chi connectivity index (χ2v) is 7.69. The van der Waals surface area contributed by atoms with Gasteiger partial charge in [0.1, 0.15) is 5.82 Å². The van der Waals surface area contributed by atoms with Crippen LogP contribution in [0.5, 0.6) is 0 Å². The third-order valence-corrected chi connectivity index (χ3v) is 5.30. The van der Waals surface area contributed by atoms with Crippen molar-refractivity contribution in [2.75, 3.05) is 18.6 Å². The molecular weight excluding hydrogens is 443 g/mol. The zero-order chi connectivity index (χ0) is 21.0. The predicted octanol–water partition coefficient (Wildman–Crippen LogP) is 3.36. The summed E-state index contributed by atoms with van der Waals surface area (Å²) in [6.45, 7) is 0.246. The third-order valence-electron chi connectivity index (χ3n) is 4.80. The van der Waals surface area contributed by atoms with E-state index in [4.69, 9.17) is 4.74 Å². The highest BCUT2D eigenvalue weighted by molar-refractivity contribution is 9.10. The lowest BCUT2D eigenvalue weighted by molar-refractivity contribution is -0.141. The van der Waals surface area contributed by atoms with Gasteiger partial charge in [-0.25, -0.2) is 4.39 Å². The Morgan fingerprint density at radius 2 is 2.00 bits per heavy atom. The fourth-order valence-electron chi connectivity index (χ4n) is 3.26. The molecule has 8 heteroatoms. The molecule has 152 valence electrons.